The van der Waals surface area contributed by atoms with Crippen LogP contribution in [0.3, 0.4) is 0 Å². The van der Waals surface area contributed by atoms with E-state index in [9.17, 15) is 4.79 Å². The van der Waals surface area contributed by atoms with Gasteiger partial charge in [0.05, 0.1) is 12.3 Å². The lowest BCUT2D eigenvalue weighted by Gasteiger charge is -2.19. The lowest BCUT2D eigenvalue weighted by molar-refractivity contribution is 0.0636. The number of hydrogen-bond acceptors (Lipinski definition) is 6. The first-order valence-electron chi connectivity index (χ1n) is 6.99. The summed E-state index contributed by atoms with van der Waals surface area (Å²) < 4.78 is 10.3. The van der Waals surface area contributed by atoms with Crippen LogP contribution >= 0.6 is 11.3 Å². The molecular weight excluding hydrogens is 290 g/mol. The largest absolute Gasteiger partial charge is 0.444 e. The van der Waals surface area contributed by atoms with Gasteiger partial charge >= 0.3 is 6.09 Å². The fraction of sp³-hybridized carbons (Fsp3) is 0.714. The Morgan fingerprint density at radius 2 is 2.19 bits per heavy atom. The second-order valence-corrected chi connectivity index (χ2v) is 6.49. The highest BCUT2D eigenvalue weighted by Crippen LogP contribution is 2.18. The summed E-state index contributed by atoms with van der Waals surface area (Å²) in [7, 11) is 1.69. The molecule has 1 amide bonds. The normalized spacial score (nSPS) is 11.7. The Kier molecular flexibility index (Phi) is 7.07. The molecule has 1 N–H and O–H groups in total. The van der Waals surface area contributed by atoms with E-state index in [0.29, 0.717) is 11.7 Å². The number of aromatic nitrogens is 1. The van der Waals surface area contributed by atoms with E-state index in [1.165, 1.54) is 11.3 Å². The Morgan fingerprint density at radius 1 is 1.48 bits per heavy atom. The Labute approximate surface area is 130 Å². The van der Waals surface area contributed by atoms with Crippen molar-refractivity contribution in [1.82, 2.24) is 9.88 Å². The predicted octanol–water partition coefficient (Wildman–Crippen LogP) is 2.96. The third-order valence-electron chi connectivity index (χ3n) is 2.60. The molecule has 1 heterocycles. The number of anilines is 1. The van der Waals surface area contributed by atoms with Crippen LogP contribution in [0.4, 0.5) is 9.93 Å². The topological polar surface area (TPSA) is 63.7 Å². The van der Waals surface area contributed by atoms with Crippen LogP contribution in [-0.2, 0) is 16.0 Å². The molecule has 0 aromatic carbocycles. The molecular formula is C14H25N3O3S. The van der Waals surface area contributed by atoms with E-state index < -0.39 is 11.7 Å². The zero-order valence-corrected chi connectivity index (χ0v) is 14.2. The summed E-state index contributed by atoms with van der Waals surface area (Å²) in [6.45, 7) is 10.8. The van der Waals surface area contributed by atoms with E-state index in [-0.39, 0.29) is 0 Å². The maximum absolute atomic E-state index is 11.7. The van der Waals surface area contributed by atoms with Gasteiger partial charge in [0.1, 0.15) is 5.60 Å². The maximum atomic E-state index is 11.7. The van der Waals surface area contributed by atoms with Gasteiger partial charge in [0, 0.05) is 25.6 Å². The predicted molar refractivity (Wildman–Crippen MR) is 84.8 cm³/mol. The average molecular weight is 315 g/mol. The molecule has 1 aromatic heterocycles. The van der Waals surface area contributed by atoms with E-state index in [1.54, 1.807) is 7.11 Å². The van der Waals surface area contributed by atoms with Crippen molar-refractivity contribution in [2.75, 3.05) is 32.1 Å². The van der Waals surface area contributed by atoms with Gasteiger partial charge in [-0.1, -0.05) is 6.92 Å². The minimum absolute atomic E-state index is 0.477. The molecule has 1 rings (SSSR count). The van der Waals surface area contributed by atoms with Gasteiger partial charge in [0.15, 0.2) is 5.13 Å². The number of nitrogens with zero attached hydrogens (tertiary/aromatic N) is 2. The monoisotopic (exact) mass is 315 g/mol. The maximum Gasteiger partial charge on any atom is 0.413 e. The number of rotatable bonds is 7. The molecule has 0 fully saturated rings. The van der Waals surface area contributed by atoms with Gasteiger partial charge in [0.25, 0.3) is 0 Å². The molecule has 0 aliphatic rings. The first-order chi connectivity index (χ1) is 9.84. The molecule has 0 spiro atoms. The van der Waals surface area contributed by atoms with Crippen LogP contribution < -0.4 is 5.32 Å². The summed E-state index contributed by atoms with van der Waals surface area (Å²) in [5.74, 6) is 0. The molecule has 7 heteroatoms. The SMILES string of the molecule is CCN(CCOC)Cc1csc(NC(=O)OC(C)(C)C)n1. The number of hydrogen-bond donors (Lipinski definition) is 1. The van der Waals surface area contributed by atoms with Crippen LogP contribution in [0.1, 0.15) is 33.4 Å². The molecule has 0 unspecified atom stereocenters. The summed E-state index contributed by atoms with van der Waals surface area (Å²) in [4.78, 5) is 18.3. The van der Waals surface area contributed by atoms with Crippen molar-refractivity contribution in [1.29, 1.82) is 0 Å². The van der Waals surface area contributed by atoms with E-state index in [1.807, 2.05) is 26.2 Å². The molecule has 120 valence electrons. The van der Waals surface area contributed by atoms with Crippen molar-refractivity contribution in [3.8, 4) is 0 Å². The molecule has 0 atom stereocenters. The number of nitrogens with one attached hydrogen (secondary N) is 1. The third kappa shape index (κ3) is 7.40. The molecule has 0 aliphatic carbocycles. The number of thiazole rings is 1. The standard InChI is InChI=1S/C14H25N3O3S/c1-6-17(7-8-19-5)9-11-10-21-12(15-11)16-13(18)20-14(2,3)4/h10H,6-9H2,1-5H3,(H,15,16,18). The molecule has 0 saturated heterocycles. The minimum Gasteiger partial charge on any atom is -0.444 e. The Morgan fingerprint density at radius 3 is 2.76 bits per heavy atom. The van der Waals surface area contributed by atoms with Gasteiger partial charge in [-0.3, -0.25) is 10.2 Å². The van der Waals surface area contributed by atoms with Crippen LogP contribution in [0.15, 0.2) is 5.38 Å². The zero-order valence-electron chi connectivity index (χ0n) is 13.4. The first-order valence-corrected chi connectivity index (χ1v) is 7.87. The summed E-state index contributed by atoms with van der Waals surface area (Å²) in [5, 5.41) is 5.16. The zero-order chi connectivity index (χ0) is 15.9. The smallest absolute Gasteiger partial charge is 0.413 e. The van der Waals surface area contributed by atoms with Crippen LogP contribution in [0.2, 0.25) is 0 Å². The summed E-state index contributed by atoms with van der Waals surface area (Å²) in [5.41, 5.74) is 0.424. The second-order valence-electron chi connectivity index (χ2n) is 5.63. The molecule has 6 nitrogen and oxygen atoms in total. The first kappa shape index (κ1) is 17.9. The van der Waals surface area contributed by atoms with Gasteiger partial charge in [-0.15, -0.1) is 11.3 Å². The van der Waals surface area contributed by atoms with Crippen molar-refractivity contribution in [2.45, 2.75) is 39.8 Å². The Bertz CT molecular complexity index is 443. The van der Waals surface area contributed by atoms with E-state index in [0.717, 1.165) is 25.3 Å². The van der Waals surface area contributed by atoms with Crippen molar-refractivity contribution in [2.24, 2.45) is 0 Å². The number of ether oxygens (including phenoxy) is 2. The van der Waals surface area contributed by atoms with Gasteiger partial charge in [0.2, 0.25) is 0 Å². The van der Waals surface area contributed by atoms with Crippen molar-refractivity contribution in [3.63, 3.8) is 0 Å². The van der Waals surface area contributed by atoms with Gasteiger partial charge in [-0.05, 0) is 27.3 Å². The quantitative estimate of drug-likeness (QED) is 0.838. The molecule has 0 bridgehead atoms. The number of methoxy groups -OCH3 is 1. The Balaban J connectivity index is 2.50. The van der Waals surface area contributed by atoms with Crippen LogP contribution in [0.25, 0.3) is 0 Å². The van der Waals surface area contributed by atoms with E-state index >= 15 is 0 Å². The van der Waals surface area contributed by atoms with Gasteiger partial charge in [-0.2, -0.15) is 0 Å². The van der Waals surface area contributed by atoms with Crippen molar-refractivity contribution in [3.05, 3.63) is 11.1 Å². The second kappa shape index (κ2) is 8.31. The molecule has 21 heavy (non-hydrogen) atoms. The minimum atomic E-state index is -0.511. The summed E-state index contributed by atoms with van der Waals surface area (Å²) in [6.07, 6.45) is -0.477. The van der Waals surface area contributed by atoms with E-state index in [2.05, 4.69) is 22.1 Å². The Hall–Kier alpha value is -1.18. The highest BCUT2D eigenvalue weighted by Gasteiger charge is 2.17. The van der Waals surface area contributed by atoms with Crippen molar-refractivity contribution < 1.29 is 14.3 Å². The molecule has 1 aromatic rings. The van der Waals surface area contributed by atoms with Gasteiger partial charge < -0.3 is 9.47 Å². The lowest BCUT2D eigenvalue weighted by atomic mass is 10.2. The number of carbonyl (C=O) groups is 1. The summed E-state index contributed by atoms with van der Waals surface area (Å²) in [6, 6.07) is 0. The third-order valence-corrected chi connectivity index (χ3v) is 3.41. The number of amides is 1. The number of carbonyl (C=O) groups excluding carboxylic acids is 1. The van der Waals surface area contributed by atoms with Crippen LogP contribution in [-0.4, -0.2) is 48.4 Å². The molecule has 0 aliphatic heterocycles. The number of likely N-dealkylation sites (N-methyl/N-ethyl adjacent to an activating group) is 1. The lowest BCUT2D eigenvalue weighted by Crippen LogP contribution is -2.27. The van der Waals surface area contributed by atoms with Crippen molar-refractivity contribution >= 4 is 22.6 Å². The fourth-order valence-corrected chi connectivity index (χ4v) is 2.31. The average Bonchev–Trinajstić information content (AvgIpc) is 2.79. The van der Waals surface area contributed by atoms with Crippen LogP contribution in [0.5, 0.6) is 0 Å². The molecule has 0 radical (unpaired) electrons. The van der Waals surface area contributed by atoms with Gasteiger partial charge in [-0.25, -0.2) is 9.78 Å². The van der Waals surface area contributed by atoms with Crippen LogP contribution in [0, 0.1) is 0 Å². The fourth-order valence-electron chi connectivity index (χ4n) is 1.63. The molecule has 0 saturated carbocycles. The highest BCUT2D eigenvalue weighted by atomic mass is 32.1. The van der Waals surface area contributed by atoms with E-state index in [4.69, 9.17) is 9.47 Å². The highest BCUT2D eigenvalue weighted by molar-refractivity contribution is 7.13. The summed E-state index contributed by atoms with van der Waals surface area (Å²) >= 11 is 1.40.